The van der Waals surface area contributed by atoms with Gasteiger partial charge in [0.15, 0.2) is 11.7 Å². The summed E-state index contributed by atoms with van der Waals surface area (Å²) in [4.78, 5) is 28.1. The zero-order chi connectivity index (χ0) is 19.2. The quantitative estimate of drug-likeness (QED) is 0.653. The van der Waals surface area contributed by atoms with E-state index in [0.717, 1.165) is 23.4 Å². The fourth-order valence-electron chi connectivity index (χ4n) is 2.18. The Labute approximate surface area is 158 Å². The third kappa shape index (κ3) is 4.89. The molecule has 3 rings (SSSR count). The van der Waals surface area contributed by atoms with Crippen molar-refractivity contribution in [3.63, 3.8) is 0 Å². The molecule has 0 radical (unpaired) electrons. The van der Waals surface area contributed by atoms with Crippen molar-refractivity contribution in [3.05, 3.63) is 65.3 Å². The zero-order valence-electron chi connectivity index (χ0n) is 14.3. The maximum atomic E-state index is 12.8. The fraction of sp³-hybridized carbons (Fsp3) is 0.105. The van der Waals surface area contributed by atoms with Crippen molar-refractivity contribution >= 4 is 28.3 Å². The molecule has 0 bridgehead atoms. The van der Waals surface area contributed by atoms with Crippen LogP contribution in [-0.2, 0) is 9.53 Å². The van der Waals surface area contributed by atoms with Crippen LogP contribution in [0.5, 0.6) is 5.75 Å². The average Bonchev–Trinajstić information content (AvgIpc) is 3.15. The van der Waals surface area contributed by atoms with Crippen molar-refractivity contribution in [1.29, 1.82) is 0 Å². The molecule has 0 saturated heterocycles. The molecule has 0 aliphatic rings. The lowest BCUT2D eigenvalue weighted by Gasteiger charge is -2.04. The maximum Gasteiger partial charge on any atom is 0.338 e. The Morgan fingerprint density at radius 1 is 1.11 bits per heavy atom. The molecule has 138 valence electrons. The lowest BCUT2D eigenvalue weighted by atomic mass is 10.2. The molecule has 8 heteroatoms. The van der Waals surface area contributed by atoms with Crippen molar-refractivity contribution in [2.24, 2.45) is 0 Å². The molecule has 27 heavy (non-hydrogen) atoms. The van der Waals surface area contributed by atoms with Crippen LogP contribution < -0.4 is 10.1 Å². The standard InChI is InChI=1S/C19H15FN2O4S/c1-25-15-8-4-12(5-9-15)16-11-27-19(21-16)22-17(23)10-26-18(24)13-2-6-14(20)7-3-13/h2-9,11H,10H2,1H3,(H,21,22,23). The third-order valence-corrected chi connectivity index (χ3v) is 4.31. The number of thiazole rings is 1. The molecule has 2 aromatic carbocycles. The van der Waals surface area contributed by atoms with Gasteiger partial charge in [-0.25, -0.2) is 14.2 Å². The summed E-state index contributed by atoms with van der Waals surface area (Å²) in [5.74, 6) is -0.935. The second-order valence-corrected chi connectivity index (χ2v) is 6.26. The number of aromatic nitrogens is 1. The molecule has 0 aliphatic heterocycles. The van der Waals surface area contributed by atoms with Gasteiger partial charge in [0.05, 0.1) is 18.4 Å². The predicted octanol–water partition coefficient (Wildman–Crippen LogP) is 3.75. The van der Waals surface area contributed by atoms with E-state index in [4.69, 9.17) is 9.47 Å². The minimum atomic E-state index is -0.705. The van der Waals surface area contributed by atoms with Crippen molar-refractivity contribution in [3.8, 4) is 17.0 Å². The van der Waals surface area contributed by atoms with Gasteiger partial charge in [-0.1, -0.05) is 0 Å². The topological polar surface area (TPSA) is 77.5 Å². The number of rotatable bonds is 6. The number of nitrogens with zero attached hydrogens (tertiary/aromatic N) is 1. The van der Waals surface area contributed by atoms with Gasteiger partial charge < -0.3 is 9.47 Å². The molecular formula is C19H15FN2O4S. The summed E-state index contributed by atoms with van der Waals surface area (Å²) in [5, 5.41) is 4.78. The number of hydrogen-bond acceptors (Lipinski definition) is 6. The summed E-state index contributed by atoms with van der Waals surface area (Å²) in [6.07, 6.45) is 0. The highest BCUT2D eigenvalue weighted by molar-refractivity contribution is 7.14. The van der Waals surface area contributed by atoms with Gasteiger partial charge >= 0.3 is 5.97 Å². The SMILES string of the molecule is COc1ccc(-c2csc(NC(=O)COC(=O)c3ccc(F)cc3)n2)cc1. The van der Waals surface area contributed by atoms with Gasteiger partial charge in [-0.2, -0.15) is 0 Å². The number of methoxy groups -OCH3 is 1. The molecule has 0 aliphatic carbocycles. The first-order valence-corrected chi connectivity index (χ1v) is 8.75. The number of ether oxygens (including phenoxy) is 2. The molecular weight excluding hydrogens is 371 g/mol. The van der Waals surface area contributed by atoms with Gasteiger partial charge in [0.2, 0.25) is 0 Å². The van der Waals surface area contributed by atoms with Crippen LogP contribution in [0.1, 0.15) is 10.4 Å². The van der Waals surface area contributed by atoms with E-state index in [0.29, 0.717) is 10.8 Å². The lowest BCUT2D eigenvalue weighted by Crippen LogP contribution is -2.20. The molecule has 6 nitrogen and oxygen atoms in total. The van der Waals surface area contributed by atoms with Crippen LogP contribution in [0.15, 0.2) is 53.9 Å². The van der Waals surface area contributed by atoms with Crippen molar-refractivity contribution in [2.75, 3.05) is 19.0 Å². The van der Waals surface area contributed by atoms with Gasteiger partial charge in [0.1, 0.15) is 11.6 Å². The lowest BCUT2D eigenvalue weighted by molar-refractivity contribution is -0.119. The molecule has 0 atom stereocenters. The van der Waals surface area contributed by atoms with Crippen LogP contribution >= 0.6 is 11.3 Å². The van der Waals surface area contributed by atoms with Crippen LogP contribution in [0.2, 0.25) is 0 Å². The summed E-state index contributed by atoms with van der Waals surface area (Å²) in [7, 11) is 1.59. The number of hydrogen-bond donors (Lipinski definition) is 1. The normalized spacial score (nSPS) is 10.3. The smallest absolute Gasteiger partial charge is 0.338 e. The van der Waals surface area contributed by atoms with Crippen molar-refractivity contribution < 1.29 is 23.5 Å². The molecule has 1 aromatic heterocycles. The molecule has 1 heterocycles. The van der Waals surface area contributed by atoms with Crippen molar-refractivity contribution in [1.82, 2.24) is 4.98 Å². The number of carbonyl (C=O) groups is 2. The Bertz CT molecular complexity index is 939. The zero-order valence-corrected chi connectivity index (χ0v) is 15.1. The van der Waals surface area contributed by atoms with Gasteiger partial charge in [-0.15, -0.1) is 11.3 Å². The Kier molecular flexibility index (Phi) is 5.77. The Morgan fingerprint density at radius 2 is 1.81 bits per heavy atom. The van der Waals surface area contributed by atoms with E-state index in [9.17, 15) is 14.0 Å². The first kappa shape index (κ1) is 18.5. The van der Waals surface area contributed by atoms with Crippen LogP contribution in [-0.4, -0.2) is 30.6 Å². The molecule has 1 amide bonds. The molecule has 0 fully saturated rings. The Balaban J connectivity index is 1.54. The Morgan fingerprint density at radius 3 is 2.48 bits per heavy atom. The van der Waals surface area contributed by atoms with Crippen LogP contribution in [0.25, 0.3) is 11.3 Å². The number of halogens is 1. The highest BCUT2D eigenvalue weighted by atomic mass is 32.1. The van der Waals surface area contributed by atoms with E-state index in [1.165, 1.54) is 23.5 Å². The minimum Gasteiger partial charge on any atom is -0.497 e. The van der Waals surface area contributed by atoms with Crippen molar-refractivity contribution in [2.45, 2.75) is 0 Å². The first-order valence-electron chi connectivity index (χ1n) is 7.87. The van der Waals surface area contributed by atoms with Crippen LogP contribution in [0.4, 0.5) is 9.52 Å². The summed E-state index contributed by atoms with van der Waals surface area (Å²) in [6.45, 7) is -0.465. The number of esters is 1. The summed E-state index contributed by atoms with van der Waals surface area (Å²) in [6, 6.07) is 12.2. The first-order chi connectivity index (χ1) is 13.0. The fourth-order valence-corrected chi connectivity index (χ4v) is 2.92. The van der Waals surface area contributed by atoms with Crippen LogP contribution in [0, 0.1) is 5.82 Å². The number of benzene rings is 2. The van der Waals surface area contributed by atoms with Crippen LogP contribution in [0.3, 0.4) is 0 Å². The predicted molar refractivity (Wildman–Crippen MR) is 99.4 cm³/mol. The number of anilines is 1. The van der Waals surface area contributed by atoms with E-state index in [2.05, 4.69) is 10.3 Å². The minimum absolute atomic E-state index is 0.167. The van der Waals surface area contributed by atoms with E-state index in [1.807, 2.05) is 29.6 Å². The summed E-state index contributed by atoms with van der Waals surface area (Å²) < 4.78 is 22.9. The van der Waals surface area contributed by atoms with Gasteiger partial charge in [-0.3, -0.25) is 10.1 Å². The highest BCUT2D eigenvalue weighted by Crippen LogP contribution is 2.26. The molecule has 0 unspecified atom stereocenters. The van der Waals surface area contributed by atoms with Gasteiger partial charge in [0, 0.05) is 10.9 Å². The maximum absolute atomic E-state index is 12.8. The van der Waals surface area contributed by atoms with Gasteiger partial charge in [0.25, 0.3) is 5.91 Å². The molecule has 1 N–H and O–H groups in total. The second kappa shape index (κ2) is 8.41. The number of amides is 1. The number of carbonyl (C=O) groups excluding carboxylic acids is 2. The highest BCUT2D eigenvalue weighted by Gasteiger charge is 2.12. The monoisotopic (exact) mass is 386 g/mol. The number of nitrogens with one attached hydrogen (secondary N) is 1. The summed E-state index contributed by atoms with van der Waals surface area (Å²) in [5.41, 5.74) is 1.76. The van der Waals surface area contributed by atoms with E-state index < -0.39 is 24.3 Å². The van der Waals surface area contributed by atoms with E-state index in [-0.39, 0.29) is 5.56 Å². The largest absolute Gasteiger partial charge is 0.497 e. The van der Waals surface area contributed by atoms with Gasteiger partial charge in [-0.05, 0) is 48.5 Å². The Hall–Kier alpha value is -3.26. The van der Waals surface area contributed by atoms with E-state index in [1.54, 1.807) is 7.11 Å². The average molecular weight is 386 g/mol. The third-order valence-electron chi connectivity index (χ3n) is 3.55. The summed E-state index contributed by atoms with van der Waals surface area (Å²) >= 11 is 1.26. The second-order valence-electron chi connectivity index (χ2n) is 5.40. The molecule has 0 spiro atoms. The van der Waals surface area contributed by atoms with E-state index >= 15 is 0 Å². The molecule has 0 saturated carbocycles. The molecule has 3 aromatic rings.